The van der Waals surface area contributed by atoms with Crippen molar-refractivity contribution in [2.45, 2.75) is 53.0 Å². The maximum Gasteiger partial charge on any atom is 0.249 e. The molecule has 4 rings (SSSR count). The molecule has 0 saturated heterocycles. The molecule has 3 aromatic rings. The Kier molecular flexibility index (Phi) is 10.6. The van der Waals surface area contributed by atoms with Crippen LogP contribution in [0.25, 0.3) is 16.7 Å². The number of rotatable bonds is 12. The van der Waals surface area contributed by atoms with Crippen molar-refractivity contribution in [1.82, 2.24) is 19.7 Å². The number of nitrogens with two attached hydrogens (primary N) is 1. The third-order valence-electron chi connectivity index (χ3n) is 7.76. The molecule has 7 heteroatoms. The average Bonchev–Trinajstić information content (AvgIpc) is 3.29. The van der Waals surface area contributed by atoms with Gasteiger partial charge in [0.15, 0.2) is 0 Å². The molecule has 2 aromatic carbocycles. The number of nitrogens with zero attached hydrogens (tertiary/aromatic N) is 4. The van der Waals surface area contributed by atoms with E-state index >= 15 is 0 Å². The van der Waals surface area contributed by atoms with E-state index in [0.29, 0.717) is 12.1 Å². The Balaban J connectivity index is 1.69. The fourth-order valence-electron chi connectivity index (χ4n) is 5.52. The van der Waals surface area contributed by atoms with Gasteiger partial charge in [-0.15, -0.1) is 0 Å². The molecule has 7 nitrogen and oxygen atoms in total. The highest BCUT2D eigenvalue weighted by atomic mass is 16.1. The molecular formula is C34H46N6O. The Hall–Kier alpha value is -3.68. The highest BCUT2D eigenvalue weighted by Crippen LogP contribution is 2.27. The summed E-state index contributed by atoms with van der Waals surface area (Å²) in [5.74, 6) is 1.44. The van der Waals surface area contributed by atoms with Gasteiger partial charge in [0, 0.05) is 35.3 Å². The highest BCUT2D eigenvalue weighted by Gasteiger charge is 2.22. The van der Waals surface area contributed by atoms with Gasteiger partial charge < -0.3 is 20.5 Å². The first-order valence-electron chi connectivity index (χ1n) is 14.8. The standard InChI is InChI=1S/C34H46N6O/c1-6-13-32(40-26(3)22-29-28(33(35)41)16-12-17-31(29)40)37-34(36-23-27-14-8-7-9-15-27)30-24-39(21-18-25(30)2)20-11-10-19-38(4)5/h7-9,12-17,22H,6,10-11,18-21,23-24H2,1-5H3,(H2,35,41)(H,36,37)/b32-13-. The first-order valence-corrected chi connectivity index (χ1v) is 14.8. The number of carbonyl (C=O) groups is 1. The van der Waals surface area contributed by atoms with Crippen LogP contribution in [0.3, 0.4) is 0 Å². The number of amidine groups is 1. The molecule has 41 heavy (non-hydrogen) atoms. The number of aryl methyl sites for hydroxylation is 1. The summed E-state index contributed by atoms with van der Waals surface area (Å²) in [4.78, 5) is 22.2. The molecule has 0 atom stereocenters. The van der Waals surface area contributed by atoms with Gasteiger partial charge in [0.2, 0.25) is 5.91 Å². The summed E-state index contributed by atoms with van der Waals surface area (Å²) in [6.45, 7) is 11.2. The van der Waals surface area contributed by atoms with Gasteiger partial charge in [-0.25, -0.2) is 0 Å². The van der Waals surface area contributed by atoms with E-state index in [-0.39, 0.29) is 0 Å². The van der Waals surface area contributed by atoms with Crippen LogP contribution in [-0.4, -0.2) is 66.4 Å². The fraction of sp³-hybridized carbons (Fsp3) is 0.412. The number of aromatic nitrogens is 1. The molecule has 0 bridgehead atoms. The van der Waals surface area contributed by atoms with Crippen molar-refractivity contribution >= 4 is 28.5 Å². The Bertz CT molecular complexity index is 1430. The average molecular weight is 555 g/mol. The van der Waals surface area contributed by atoms with Crippen LogP contribution in [-0.2, 0) is 6.54 Å². The summed E-state index contributed by atoms with van der Waals surface area (Å²) in [5.41, 5.74) is 12.1. The van der Waals surface area contributed by atoms with Gasteiger partial charge in [-0.1, -0.05) is 48.9 Å². The quantitative estimate of drug-likeness (QED) is 0.168. The monoisotopic (exact) mass is 554 g/mol. The van der Waals surface area contributed by atoms with Crippen LogP contribution in [0.2, 0.25) is 0 Å². The lowest BCUT2D eigenvalue weighted by atomic mass is 9.99. The maximum absolute atomic E-state index is 12.2. The van der Waals surface area contributed by atoms with E-state index in [2.05, 4.69) is 84.9 Å². The van der Waals surface area contributed by atoms with Crippen molar-refractivity contribution in [3.05, 3.63) is 88.6 Å². The number of nitrogens with one attached hydrogen (secondary N) is 1. The van der Waals surface area contributed by atoms with Crippen molar-refractivity contribution in [1.29, 1.82) is 0 Å². The van der Waals surface area contributed by atoms with E-state index in [0.717, 1.165) is 67.3 Å². The Morgan fingerprint density at radius 2 is 1.88 bits per heavy atom. The molecule has 0 spiro atoms. The molecule has 0 fully saturated rings. The predicted molar refractivity (Wildman–Crippen MR) is 172 cm³/mol. The highest BCUT2D eigenvalue weighted by molar-refractivity contribution is 6.07. The first-order chi connectivity index (χ1) is 19.8. The number of primary amides is 1. The molecule has 0 unspecified atom stereocenters. The van der Waals surface area contributed by atoms with Gasteiger partial charge >= 0.3 is 0 Å². The zero-order chi connectivity index (χ0) is 29.4. The number of allylic oxidation sites excluding steroid dienone is 1. The third kappa shape index (κ3) is 7.75. The molecule has 3 N–H and O–H groups in total. The Labute approximate surface area is 245 Å². The van der Waals surface area contributed by atoms with E-state index < -0.39 is 5.91 Å². The van der Waals surface area contributed by atoms with Crippen LogP contribution >= 0.6 is 0 Å². The summed E-state index contributed by atoms with van der Waals surface area (Å²) in [5, 5.41) is 4.64. The van der Waals surface area contributed by atoms with Gasteiger partial charge in [-0.2, -0.15) is 0 Å². The zero-order valence-electron chi connectivity index (χ0n) is 25.4. The number of aliphatic imine (C=N–C) groups is 1. The lowest BCUT2D eigenvalue weighted by Crippen LogP contribution is -2.39. The van der Waals surface area contributed by atoms with E-state index in [1.807, 2.05) is 24.3 Å². The Morgan fingerprint density at radius 1 is 1.10 bits per heavy atom. The molecule has 1 aliphatic rings. The third-order valence-corrected chi connectivity index (χ3v) is 7.76. The minimum absolute atomic E-state index is 0.416. The number of benzene rings is 2. The normalized spacial score (nSPS) is 15.3. The molecule has 218 valence electrons. The van der Waals surface area contributed by atoms with Gasteiger partial charge in [-0.05, 0) is 96.6 Å². The number of unbranched alkanes of at least 4 members (excludes halogenated alkanes) is 1. The van der Waals surface area contributed by atoms with E-state index in [9.17, 15) is 4.79 Å². The summed E-state index contributed by atoms with van der Waals surface area (Å²) in [6.07, 6.45) is 6.46. The first kappa shape index (κ1) is 30.3. The molecule has 1 amide bonds. The van der Waals surface area contributed by atoms with Crippen LogP contribution in [0.4, 0.5) is 0 Å². The molecule has 1 aromatic heterocycles. The van der Waals surface area contributed by atoms with Gasteiger partial charge in [0.05, 0.1) is 12.1 Å². The second-order valence-electron chi connectivity index (χ2n) is 11.3. The lowest BCUT2D eigenvalue weighted by Gasteiger charge is -2.31. The fourth-order valence-corrected chi connectivity index (χ4v) is 5.52. The largest absolute Gasteiger partial charge is 0.366 e. The molecular weight excluding hydrogens is 508 g/mol. The minimum Gasteiger partial charge on any atom is -0.366 e. The number of hydrogen-bond donors (Lipinski definition) is 2. The molecule has 0 radical (unpaired) electrons. The van der Waals surface area contributed by atoms with Crippen LogP contribution in [0, 0.1) is 6.92 Å². The topological polar surface area (TPSA) is 78.9 Å². The van der Waals surface area contributed by atoms with Crippen molar-refractivity contribution in [2.75, 3.05) is 40.3 Å². The second kappa shape index (κ2) is 14.3. The van der Waals surface area contributed by atoms with Gasteiger partial charge in [0.1, 0.15) is 11.7 Å². The zero-order valence-corrected chi connectivity index (χ0v) is 25.4. The van der Waals surface area contributed by atoms with Crippen LogP contribution in [0.15, 0.2) is 76.8 Å². The predicted octanol–water partition coefficient (Wildman–Crippen LogP) is 5.81. The van der Waals surface area contributed by atoms with Crippen LogP contribution < -0.4 is 11.1 Å². The summed E-state index contributed by atoms with van der Waals surface area (Å²) in [6, 6.07) is 18.2. The van der Waals surface area contributed by atoms with Crippen molar-refractivity contribution in [3.8, 4) is 0 Å². The van der Waals surface area contributed by atoms with Crippen molar-refractivity contribution in [3.63, 3.8) is 0 Å². The number of fused-ring (bicyclic) bond motifs is 1. The molecule has 2 heterocycles. The van der Waals surface area contributed by atoms with E-state index in [4.69, 9.17) is 10.7 Å². The van der Waals surface area contributed by atoms with E-state index in [1.165, 1.54) is 29.6 Å². The summed E-state index contributed by atoms with van der Waals surface area (Å²) in [7, 11) is 4.27. The molecule has 0 saturated carbocycles. The van der Waals surface area contributed by atoms with E-state index in [1.54, 1.807) is 6.07 Å². The summed E-state index contributed by atoms with van der Waals surface area (Å²) < 4.78 is 2.18. The van der Waals surface area contributed by atoms with Gasteiger partial charge in [0.25, 0.3) is 0 Å². The lowest BCUT2D eigenvalue weighted by molar-refractivity contribution is 0.100. The smallest absolute Gasteiger partial charge is 0.249 e. The SMILES string of the molecule is CC/C=C(/NC(=NCc1ccccc1)C1=C(C)CCN(CCCCN(C)C)C1)n1c(C)cc2c(C(N)=O)cccc21. The minimum atomic E-state index is -0.416. The molecule has 1 aliphatic heterocycles. The molecule has 0 aliphatic carbocycles. The Morgan fingerprint density at radius 3 is 2.59 bits per heavy atom. The number of amides is 1. The van der Waals surface area contributed by atoms with Crippen LogP contribution in [0.1, 0.15) is 61.1 Å². The number of carbonyl (C=O) groups excluding carboxylic acids is 1. The maximum atomic E-state index is 12.2. The van der Waals surface area contributed by atoms with Crippen LogP contribution in [0.5, 0.6) is 0 Å². The number of hydrogen-bond acceptors (Lipinski definition) is 4. The van der Waals surface area contributed by atoms with Crippen molar-refractivity contribution < 1.29 is 4.79 Å². The summed E-state index contributed by atoms with van der Waals surface area (Å²) >= 11 is 0. The van der Waals surface area contributed by atoms with Gasteiger partial charge in [-0.3, -0.25) is 14.7 Å². The second-order valence-corrected chi connectivity index (χ2v) is 11.3. The van der Waals surface area contributed by atoms with Crippen molar-refractivity contribution in [2.24, 2.45) is 10.7 Å².